The maximum atomic E-state index is 12.5. The first-order chi connectivity index (χ1) is 12.9. The summed E-state index contributed by atoms with van der Waals surface area (Å²) < 4.78 is 0. The third-order valence-corrected chi connectivity index (χ3v) is 4.58. The van der Waals surface area contributed by atoms with Gasteiger partial charge in [0, 0.05) is 23.0 Å². The number of aryl methyl sites for hydroxylation is 1. The zero-order valence-electron chi connectivity index (χ0n) is 14.3. The van der Waals surface area contributed by atoms with E-state index in [0.717, 1.165) is 5.56 Å². The lowest BCUT2D eigenvalue weighted by molar-refractivity contribution is 0.101. The van der Waals surface area contributed by atoms with Crippen LogP contribution in [0, 0.1) is 6.92 Å². The van der Waals surface area contributed by atoms with Gasteiger partial charge in [-0.25, -0.2) is 0 Å². The molecule has 0 aliphatic rings. The largest absolute Gasteiger partial charge is 0.322 e. The van der Waals surface area contributed by atoms with Gasteiger partial charge in [0.05, 0.1) is 21.9 Å². The van der Waals surface area contributed by atoms with Crippen LogP contribution < -0.4 is 10.6 Å². The van der Waals surface area contributed by atoms with Crippen molar-refractivity contribution >= 4 is 46.4 Å². The first kappa shape index (κ1) is 18.9. The van der Waals surface area contributed by atoms with Gasteiger partial charge in [-0.15, -0.1) is 0 Å². The molecule has 7 heteroatoms. The minimum absolute atomic E-state index is 0.286. The molecule has 27 heavy (non-hydrogen) atoms. The van der Waals surface area contributed by atoms with E-state index in [1.807, 2.05) is 6.92 Å². The number of anilines is 2. The Morgan fingerprint density at radius 2 is 1.67 bits per heavy atom. The second-order valence-electron chi connectivity index (χ2n) is 5.81. The van der Waals surface area contributed by atoms with Crippen LogP contribution >= 0.6 is 23.2 Å². The van der Waals surface area contributed by atoms with Crippen LogP contribution in [0.3, 0.4) is 0 Å². The van der Waals surface area contributed by atoms with E-state index in [1.165, 1.54) is 6.07 Å². The lowest BCUT2D eigenvalue weighted by Crippen LogP contribution is -2.16. The summed E-state index contributed by atoms with van der Waals surface area (Å²) in [6, 6.07) is 13.2. The second-order valence-corrected chi connectivity index (χ2v) is 6.62. The molecule has 0 unspecified atom stereocenters. The van der Waals surface area contributed by atoms with Gasteiger partial charge in [-0.05, 0) is 55.0 Å². The molecule has 0 bridgehead atoms. The van der Waals surface area contributed by atoms with Crippen molar-refractivity contribution in [3.63, 3.8) is 0 Å². The standard InChI is InChI=1S/C20H15Cl2N3O2/c1-12-4-6-14(24-19(26)13-5-7-17(21)18(22)9-13)10-16(12)20(27)25-15-3-2-8-23-11-15/h2-11H,1H3,(H,24,26)(H,25,27). The molecular formula is C20H15Cl2N3O2. The number of rotatable bonds is 4. The summed E-state index contributed by atoms with van der Waals surface area (Å²) in [6.07, 6.45) is 3.18. The van der Waals surface area contributed by atoms with E-state index in [2.05, 4.69) is 15.6 Å². The molecule has 0 spiro atoms. The number of aromatic nitrogens is 1. The summed E-state index contributed by atoms with van der Waals surface area (Å²) in [4.78, 5) is 28.9. The molecule has 1 heterocycles. The van der Waals surface area contributed by atoms with Gasteiger partial charge in [-0.1, -0.05) is 29.3 Å². The zero-order valence-corrected chi connectivity index (χ0v) is 15.8. The summed E-state index contributed by atoms with van der Waals surface area (Å²) in [5, 5.41) is 6.21. The summed E-state index contributed by atoms with van der Waals surface area (Å²) in [5.41, 5.74) is 2.68. The van der Waals surface area contributed by atoms with Crippen LogP contribution in [0.2, 0.25) is 10.0 Å². The Kier molecular flexibility index (Phi) is 5.74. The minimum atomic E-state index is -0.351. The van der Waals surface area contributed by atoms with Crippen LogP contribution in [0.4, 0.5) is 11.4 Å². The van der Waals surface area contributed by atoms with Crippen molar-refractivity contribution in [3.8, 4) is 0 Å². The van der Waals surface area contributed by atoms with Gasteiger partial charge in [0.1, 0.15) is 0 Å². The fourth-order valence-corrected chi connectivity index (χ4v) is 2.72. The maximum Gasteiger partial charge on any atom is 0.256 e. The average molecular weight is 400 g/mol. The number of carbonyl (C=O) groups is 2. The maximum absolute atomic E-state index is 12.5. The summed E-state index contributed by atoms with van der Waals surface area (Å²) in [5.74, 6) is -0.637. The number of benzene rings is 2. The molecule has 5 nitrogen and oxygen atoms in total. The van der Waals surface area contributed by atoms with Crippen LogP contribution in [-0.2, 0) is 0 Å². The molecule has 0 atom stereocenters. The van der Waals surface area contributed by atoms with Gasteiger partial charge >= 0.3 is 0 Å². The number of nitrogens with one attached hydrogen (secondary N) is 2. The predicted octanol–water partition coefficient (Wildman–Crippen LogP) is 5.20. The lowest BCUT2D eigenvalue weighted by Gasteiger charge is -2.11. The fourth-order valence-electron chi connectivity index (χ4n) is 2.42. The Morgan fingerprint density at radius 3 is 2.37 bits per heavy atom. The van der Waals surface area contributed by atoms with E-state index < -0.39 is 0 Å². The van der Waals surface area contributed by atoms with Crippen molar-refractivity contribution in [1.82, 2.24) is 4.98 Å². The molecule has 2 aromatic carbocycles. The first-order valence-electron chi connectivity index (χ1n) is 8.02. The van der Waals surface area contributed by atoms with Crippen molar-refractivity contribution < 1.29 is 9.59 Å². The number of hydrogen-bond acceptors (Lipinski definition) is 3. The van der Waals surface area contributed by atoms with E-state index in [4.69, 9.17) is 23.2 Å². The van der Waals surface area contributed by atoms with Crippen LogP contribution in [0.25, 0.3) is 0 Å². The van der Waals surface area contributed by atoms with Gasteiger partial charge in [-0.3, -0.25) is 14.6 Å². The highest BCUT2D eigenvalue weighted by molar-refractivity contribution is 6.42. The number of amides is 2. The van der Waals surface area contributed by atoms with E-state index in [9.17, 15) is 9.59 Å². The van der Waals surface area contributed by atoms with Gasteiger partial charge in [-0.2, -0.15) is 0 Å². The SMILES string of the molecule is Cc1ccc(NC(=O)c2ccc(Cl)c(Cl)c2)cc1C(=O)Nc1cccnc1. The normalized spacial score (nSPS) is 10.3. The number of hydrogen-bond donors (Lipinski definition) is 2. The molecule has 0 aliphatic heterocycles. The lowest BCUT2D eigenvalue weighted by atomic mass is 10.1. The van der Waals surface area contributed by atoms with Gasteiger partial charge in [0.2, 0.25) is 0 Å². The molecule has 0 aliphatic carbocycles. The van der Waals surface area contributed by atoms with Crippen molar-refractivity contribution in [2.75, 3.05) is 10.6 Å². The van der Waals surface area contributed by atoms with Crippen molar-refractivity contribution in [2.24, 2.45) is 0 Å². The Labute approximate surface area is 166 Å². The molecule has 3 rings (SSSR count). The Balaban J connectivity index is 1.79. The predicted molar refractivity (Wildman–Crippen MR) is 108 cm³/mol. The summed E-state index contributed by atoms with van der Waals surface area (Å²) >= 11 is 11.8. The molecule has 3 aromatic rings. The van der Waals surface area contributed by atoms with E-state index in [0.29, 0.717) is 32.5 Å². The van der Waals surface area contributed by atoms with Crippen molar-refractivity contribution in [3.05, 3.63) is 87.7 Å². The molecule has 1 aromatic heterocycles. The van der Waals surface area contributed by atoms with Crippen molar-refractivity contribution in [1.29, 1.82) is 0 Å². The molecule has 2 N–H and O–H groups in total. The third-order valence-electron chi connectivity index (χ3n) is 3.84. The van der Waals surface area contributed by atoms with E-state index >= 15 is 0 Å². The van der Waals surface area contributed by atoms with Crippen LogP contribution in [0.1, 0.15) is 26.3 Å². The summed E-state index contributed by atoms with van der Waals surface area (Å²) in [7, 11) is 0. The number of halogens is 2. The van der Waals surface area contributed by atoms with Gasteiger partial charge < -0.3 is 10.6 Å². The van der Waals surface area contributed by atoms with Gasteiger partial charge in [0.25, 0.3) is 11.8 Å². The quantitative estimate of drug-likeness (QED) is 0.632. The Bertz CT molecular complexity index is 1010. The highest BCUT2D eigenvalue weighted by Crippen LogP contribution is 2.23. The Hall–Kier alpha value is -2.89. The van der Waals surface area contributed by atoms with Gasteiger partial charge in [0.15, 0.2) is 0 Å². The second kappa shape index (κ2) is 8.20. The Morgan fingerprint density at radius 1 is 0.889 bits per heavy atom. The number of pyridine rings is 1. The van der Waals surface area contributed by atoms with E-state index in [1.54, 1.807) is 54.9 Å². The molecule has 0 radical (unpaired) electrons. The zero-order chi connectivity index (χ0) is 19.4. The molecule has 0 fully saturated rings. The third kappa shape index (κ3) is 4.64. The molecule has 2 amide bonds. The molecular weight excluding hydrogens is 385 g/mol. The average Bonchev–Trinajstić information content (AvgIpc) is 2.66. The van der Waals surface area contributed by atoms with Crippen molar-refractivity contribution in [2.45, 2.75) is 6.92 Å². The molecule has 136 valence electrons. The molecule has 0 saturated heterocycles. The van der Waals surface area contributed by atoms with Crippen LogP contribution in [0.15, 0.2) is 60.9 Å². The fraction of sp³-hybridized carbons (Fsp3) is 0.0500. The minimum Gasteiger partial charge on any atom is -0.322 e. The molecule has 0 saturated carbocycles. The first-order valence-corrected chi connectivity index (χ1v) is 8.78. The van der Waals surface area contributed by atoms with E-state index in [-0.39, 0.29) is 11.8 Å². The highest BCUT2D eigenvalue weighted by atomic mass is 35.5. The monoisotopic (exact) mass is 399 g/mol. The van der Waals surface area contributed by atoms with Crippen LogP contribution in [-0.4, -0.2) is 16.8 Å². The highest BCUT2D eigenvalue weighted by Gasteiger charge is 2.13. The topological polar surface area (TPSA) is 71.1 Å². The number of carbonyl (C=O) groups excluding carboxylic acids is 2. The van der Waals surface area contributed by atoms with Crippen LogP contribution in [0.5, 0.6) is 0 Å². The number of nitrogens with zero attached hydrogens (tertiary/aromatic N) is 1. The summed E-state index contributed by atoms with van der Waals surface area (Å²) in [6.45, 7) is 1.82. The smallest absolute Gasteiger partial charge is 0.256 e.